The number of rotatable bonds is 4. The predicted octanol–water partition coefficient (Wildman–Crippen LogP) is 1.62. The van der Waals surface area contributed by atoms with Crippen molar-refractivity contribution in [3.63, 3.8) is 0 Å². The second-order valence-electron chi connectivity index (χ2n) is 3.27. The minimum Gasteiger partial charge on any atom is -0.490 e. The van der Waals surface area contributed by atoms with E-state index in [-0.39, 0.29) is 0 Å². The highest BCUT2D eigenvalue weighted by molar-refractivity contribution is 5.27. The van der Waals surface area contributed by atoms with Crippen LogP contribution in [0, 0.1) is 0 Å². The van der Waals surface area contributed by atoms with Gasteiger partial charge in [0.15, 0.2) is 0 Å². The van der Waals surface area contributed by atoms with Crippen LogP contribution >= 0.6 is 0 Å². The Bertz CT molecular complexity index is 267. The summed E-state index contributed by atoms with van der Waals surface area (Å²) in [5.74, 6) is 5.89. The molecule has 1 saturated carbocycles. The number of hydrogen-bond acceptors (Lipinski definition) is 3. The van der Waals surface area contributed by atoms with E-state index in [0.717, 1.165) is 11.3 Å². The zero-order valence-electron chi connectivity index (χ0n) is 7.40. The molecule has 0 atom stereocenters. The standard InChI is InChI=1S/C10H13NO2/c11-12-7-8-1-3-9(4-2-8)13-10-5-6-10/h1-4,10H,5-7,11H2. The molecule has 0 aliphatic heterocycles. The molecule has 0 radical (unpaired) electrons. The van der Waals surface area contributed by atoms with Gasteiger partial charge in [-0.2, -0.15) is 0 Å². The molecule has 0 heterocycles. The Morgan fingerprint density at radius 2 is 1.92 bits per heavy atom. The van der Waals surface area contributed by atoms with Gasteiger partial charge in [0, 0.05) is 0 Å². The first-order chi connectivity index (χ1) is 6.38. The molecule has 0 saturated heterocycles. The molecule has 1 fully saturated rings. The number of nitrogens with two attached hydrogens (primary N) is 1. The van der Waals surface area contributed by atoms with E-state index in [1.165, 1.54) is 12.8 Å². The molecule has 0 bridgehead atoms. The van der Waals surface area contributed by atoms with E-state index < -0.39 is 0 Å². The molecule has 70 valence electrons. The van der Waals surface area contributed by atoms with Crippen molar-refractivity contribution in [2.24, 2.45) is 5.90 Å². The van der Waals surface area contributed by atoms with Crippen molar-refractivity contribution >= 4 is 0 Å². The summed E-state index contributed by atoms with van der Waals surface area (Å²) in [4.78, 5) is 4.52. The van der Waals surface area contributed by atoms with Crippen LogP contribution in [0.25, 0.3) is 0 Å². The predicted molar refractivity (Wildman–Crippen MR) is 49.1 cm³/mol. The fraction of sp³-hybridized carbons (Fsp3) is 0.400. The molecule has 1 aromatic carbocycles. The highest BCUT2D eigenvalue weighted by atomic mass is 16.6. The van der Waals surface area contributed by atoms with Gasteiger partial charge in [0.2, 0.25) is 0 Å². The summed E-state index contributed by atoms with van der Waals surface area (Å²) in [6.45, 7) is 0.448. The highest BCUT2D eigenvalue weighted by Crippen LogP contribution is 2.26. The third kappa shape index (κ3) is 2.44. The zero-order chi connectivity index (χ0) is 9.10. The minimum atomic E-state index is 0.448. The van der Waals surface area contributed by atoms with Crippen LogP contribution in [0.3, 0.4) is 0 Å². The van der Waals surface area contributed by atoms with Gasteiger partial charge < -0.3 is 4.74 Å². The molecule has 0 unspecified atom stereocenters. The lowest BCUT2D eigenvalue weighted by molar-refractivity contribution is 0.124. The second kappa shape index (κ2) is 3.77. The number of ether oxygens (including phenoxy) is 1. The van der Waals surface area contributed by atoms with Gasteiger partial charge in [-0.15, -0.1) is 0 Å². The third-order valence-electron chi connectivity index (χ3n) is 2.00. The van der Waals surface area contributed by atoms with E-state index in [4.69, 9.17) is 10.6 Å². The van der Waals surface area contributed by atoms with Gasteiger partial charge in [-0.05, 0) is 30.5 Å². The maximum atomic E-state index is 5.59. The van der Waals surface area contributed by atoms with E-state index in [1.54, 1.807) is 0 Å². The summed E-state index contributed by atoms with van der Waals surface area (Å²) < 4.78 is 5.59. The van der Waals surface area contributed by atoms with Gasteiger partial charge >= 0.3 is 0 Å². The van der Waals surface area contributed by atoms with Gasteiger partial charge in [-0.1, -0.05) is 12.1 Å². The molecule has 2 rings (SSSR count). The molecule has 1 aliphatic carbocycles. The largest absolute Gasteiger partial charge is 0.490 e. The topological polar surface area (TPSA) is 44.5 Å². The lowest BCUT2D eigenvalue weighted by Gasteiger charge is -2.04. The maximum Gasteiger partial charge on any atom is 0.119 e. The van der Waals surface area contributed by atoms with Crippen LogP contribution in [-0.4, -0.2) is 6.10 Å². The summed E-state index contributed by atoms with van der Waals surface area (Å²) in [5, 5.41) is 0. The van der Waals surface area contributed by atoms with E-state index in [0.29, 0.717) is 12.7 Å². The first kappa shape index (κ1) is 8.53. The van der Waals surface area contributed by atoms with Crippen molar-refractivity contribution in [3.8, 4) is 5.75 Å². The maximum absolute atomic E-state index is 5.59. The molecule has 0 aromatic heterocycles. The Labute approximate surface area is 77.4 Å². The van der Waals surface area contributed by atoms with Gasteiger partial charge in [0.1, 0.15) is 5.75 Å². The summed E-state index contributed by atoms with van der Waals surface area (Å²) in [7, 11) is 0. The van der Waals surface area contributed by atoms with Crippen molar-refractivity contribution in [2.45, 2.75) is 25.6 Å². The zero-order valence-corrected chi connectivity index (χ0v) is 7.40. The fourth-order valence-electron chi connectivity index (χ4n) is 1.14. The first-order valence-corrected chi connectivity index (χ1v) is 4.46. The molecule has 2 N–H and O–H groups in total. The molecule has 0 spiro atoms. The van der Waals surface area contributed by atoms with Crippen LogP contribution in [0.4, 0.5) is 0 Å². The monoisotopic (exact) mass is 179 g/mol. The van der Waals surface area contributed by atoms with Crippen LogP contribution in [0.1, 0.15) is 18.4 Å². The number of benzene rings is 1. The quantitative estimate of drug-likeness (QED) is 0.714. The lowest BCUT2D eigenvalue weighted by atomic mass is 10.2. The lowest BCUT2D eigenvalue weighted by Crippen LogP contribution is -1.99. The van der Waals surface area contributed by atoms with E-state index in [2.05, 4.69) is 4.84 Å². The van der Waals surface area contributed by atoms with Crippen molar-refractivity contribution < 1.29 is 9.57 Å². The minimum absolute atomic E-state index is 0.448. The Balaban J connectivity index is 1.95. The van der Waals surface area contributed by atoms with Gasteiger partial charge in [0.05, 0.1) is 12.7 Å². The summed E-state index contributed by atoms with van der Waals surface area (Å²) in [6, 6.07) is 7.83. The van der Waals surface area contributed by atoms with Crippen molar-refractivity contribution in [1.82, 2.24) is 0 Å². The van der Waals surface area contributed by atoms with E-state index in [1.807, 2.05) is 24.3 Å². The Kier molecular flexibility index (Phi) is 2.47. The Hall–Kier alpha value is -1.06. The smallest absolute Gasteiger partial charge is 0.119 e. The van der Waals surface area contributed by atoms with Crippen LogP contribution in [0.15, 0.2) is 24.3 Å². The molecule has 3 heteroatoms. The molecule has 0 amide bonds. The van der Waals surface area contributed by atoms with Crippen LogP contribution < -0.4 is 10.6 Å². The third-order valence-corrected chi connectivity index (χ3v) is 2.00. The summed E-state index contributed by atoms with van der Waals surface area (Å²) in [5.41, 5.74) is 1.06. The first-order valence-electron chi connectivity index (χ1n) is 4.46. The van der Waals surface area contributed by atoms with Gasteiger partial charge in [0.25, 0.3) is 0 Å². The number of hydrogen-bond donors (Lipinski definition) is 1. The summed E-state index contributed by atoms with van der Waals surface area (Å²) in [6.07, 6.45) is 2.83. The molecule has 1 aliphatic rings. The molecular formula is C10H13NO2. The average molecular weight is 179 g/mol. The van der Waals surface area contributed by atoms with Crippen molar-refractivity contribution in [1.29, 1.82) is 0 Å². The van der Waals surface area contributed by atoms with Crippen LogP contribution in [-0.2, 0) is 11.4 Å². The van der Waals surface area contributed by atoms with E-state index >= 15 is 0 Å². The fourth-order valence-corrected chi connectivity index (χ4v) is 1.14. The second-order valence-corrected chi connectivity index (χ2v) is 3.27. The van der Waals surface area contributed by atoms with Gasteiger partial charge in [-0.3, -0.25) is 4.84 Å². The SMILES string of the molecule is NOCc1ccc(OC2CC2)cc1. The van der Waals surface area contributed by atoms with E-state index in [9.17, 15) is 0 Å². The highest BCUT2D eigenvalue weighted by Gasteiger charge is 2.23. The Morgan fingerprint density at radius 3 is 2.46 bits per heavy atom. The molecule has 3 nitrogen and oxygen atoms in total. The molecular weight excluding hydrogens is 166 g/mol. The van der Waals surface area contributed by atoms with Gasteiger partial charge in [-0.25, -0.2) is 5.90 Å². The van der Waals surface area contributed by atoms with Crippen molar-refractivity contribution in [2.75, 3.05) is 0 Å². The van der Waals surface area contributed by atoms with Crippen molar-refractivity contribution in [3.05, 3.63) is 29.8 Å². The van der Waals surface area contributed by atoms with Crippen LogP contribution in [0.5, 0.6) is 5.75 Å². The Morgan fingerprint density at radius 1 is 1.23 bits per heavy atom. The normalized spacial score (nSPS) is 15.8. The van der Waals surface area contributed by atoms with Crippen LogP contribution in [0.2, 0.25) is 0 Å². The average Bonchev–Trinajstić information content (AvgIpc) is 2.93. The summed E-state index contributed by atoms with van der Waals surface area (Å²) >= 11 is 0. The molecule has 1 aromatic rings. The molecule has 13 heavy (non-hydrogen) atoms.